The Morgan fingerprint density at radius 2 is 1.89 bits per heavy atom. The van der Waals surface area contributed by atoms with Gasteiger partial charge in [0.15, 0.2) is 0 Å². The van der Waals surface area contributed by atoms with Gasteiger partial charge in [0.1, 0.15) is 17.2 Å². The van der Waals surface area contributed by atoms with Gasteiger partial charge < -0.3 is 4.98 Å². The van der Waals surface area contributed by atoms with Crippen molar-refractivity contribution < 1.29 is 4.39 Å². The largest absolute Gasteiger partial charge is 0.338 e. The van der Waals surface area contributed by atoms with Crippen molar-refractivity contribution in [2.45, 2.75) is 0 Å². The lowest BCUT2D eigenvalue weighted by molar-refractivity contribution is 0.628. The molecular formula is C13H7Cl2FN2. The van der Waals surface area contributed by atoms with Crippen LogP contribution in [-0.4, -0.2) is 9.97 Å². The predicted molar refractivity (Wildman–Crippen MR) is 71.5 cm³/mol. The highest BCUT2D eigenvalue weighted by Crippen LogP contribution is 2.27. The minimum atomic E-state index is -0.472. The summed E-state index contributed by atoms with van der Waals surface area (Å²) in [6.07, 6.45) is 0. The molecule has 0 amide bonds. The second-order valence-electron chi connectivity index (χ2n) is 3.85. The average molecular weight is 281 g/mol. The van der Waals surface area contributed by atoms with Gasteiger partial charge in [-0.3, -0.25) is 0 Å². The number of hydrogen-bond donors (Lipinski definition) is 1. The third-order valence-electron chi connectivity index (χ3n) is 2.66. The topological polar surface area (TPSA) is 28.7 Å². The minimum Gasteiger partial charge on any atom is -0.338 e. The first-order valence-corrected chi connectivity index (χ1v) is 6.00. The van der Waals surface area contributed by atoms with Gasteiger partial charge in [-0.05, 0) is 30.3 Å². The van der Waals surface area contributed by atoms with Crippen LogP contribution in [-0.2, 0) is 0 Å². The third-order valence-corrected chi connectivity index (χ3v) is 3.27. The maximum atomic E-state index is 13.4. The summed E-state index contributed by atoms with van der Waals surface area (Å²) in [7, 11) is 0. The fourth-order valence-corrected chi connectivity index (χ4v) is 2.11. The highest BCUT2D eigenvalue weighted by molar-refractivity contribution is 6.35. The van der Waals surface area contributed by atoms with Crippen LogP contribution in [0, 0.1) is 5.82 Å². The Hall–Kier alpha value is -1.58. The Morgan fingerprint density at radius 3 is 2.61 bits per heavy atom. The number of para-hydroxylation sites is 1. The van der Waals surface area contributed by atoms with Crippen LogP contribution >= 0.6 is 23.2 Å². The van der Waals surface area contributed by atoms with Gasteiger partial charge in [0, 0.05) is 5.56 Å². The number of aromatic nitrogens is 2. The first-order valence-electron chi connectivity index (χ1n) is 5.25. The summed E-state index contributed by atoms with van der Waals surface area (Å²) in [4.78, 5) is 7.45. The molecule has 1 heterocycles. The molecule has 1 aromatic heterocycles. The van der Waals surface area contributed by atoms with Crippen molar-refractivity contribution in [3.05, 3.63) is 52.3 Å². The monoisotopic (exact) mass is 280 g/mol. The zero-order valence-corrected chi connectivity index (χ0v) is 10.6. The molecule has 90 valence electrons. The molecule has 3 aromatic rings. The number of imidazole rings is 1. The lowest BCUT2D eigenvalue weighted by Gasteiger charge is -1.98. The highest BCUT2D eigenvalue weighted by atomic mass is 35.5. The summed E-state index contributed by atoms with van der Waals surface area (Å²) in [5, 5.41) is 0.650. The van der Waals surface area contributed by atoms with Gasteiger partial charge in [0.05, 0.1) is 15.6 Å². The van der Waals surface area contributed by atoms with Gasteiger partial charge in [-0.1, -0.05) is 29.3 Å². The SMILES string of the molecule is Fc1cc(-c2nc3c(Cl)cccc3[nH]2)ccc1Cl. The molecule has 0 atom stereocenters. The maximum Gasteiger partial charge on any atom is 0.142 e. The van der Waals surface area contributed by atoms with E-state index >= 15 is 0 Å². The summed E-state index contributed by atoms with van der Waals surface area (Å²) in [6.45, 7) is 0. The number of nitrogens with zero attached hydrogens (tertiary/aromatic N) is 1. The van der Waals surface area contributed by atoms with Crippen LogP contribution in [0.2, 0.25) is 10.0 Å². The van der Waals surface area contributed by atoms with E-state index in [0.29, 0.717) is 21.9 Å². The summed E-state index contributed by atoms with van der Waals surface area (Å²) in [5.41, 5.74) is 2.11. The zero-order valence-electron chi connectivity index (χ0n) is 9.05. The molecule has 0 saturated heterocycles. The highest BCUT2D eigenvalue weighted by Gasteiger charge is 2.09. The lowest BCUT2D eigenvalue weighted by Crippen LogP contribution is -1.83. The molecule has 2 nitrogen and oxygen atoms in total. The van der Waals surface area contributed by atoms with Crippen molar-refractivity contribution >= 4 is 34.2 Å². The van der Waals surface area contributed by atoms with Crippen molar-refractivity contribution in [2.75, 3.05) is 0 Å². The van der Waals surface area contributed by atoms with E-state index in [2.05, 4.69) is 9.97 Å². The third kappa shape index (κ3) is 1.85. The van der Waals surface area contributed by atoms with Gasteiger partial charge in [-0.2, -0.15) is 0 Å². The summed E-state index contributed by atoms with van der Waals surface area (Å²) in [5.74, 6) is 0.0920. The van der Waals surface area contributed by atoms with Crippen molar-refractivity contribution in [3.8, 4) is 11.4 Å². The van der Waals surface area contributed by atoms with Crippen molar-refractivity contribution in [1.82, 2.24) is 9.97 Å². The molecule has 5 heteroatoms. The summed E-state index contributed by atoms with van der Waals surface area (Å²) in [6, 6.07) is 10.0. The van der Waals surface area contributed by atoms with Crippen LogP contribution in [0.5, 0.6) is 0 Å². The number of aromatic amines is 1. The van der Waals surface area contributed by atoms with E-state index in [1.165, 1.54) is 12.1 Å². The Labute approximate surface area is 112 Å². The quantitative estimate of drug-likeness (QED) is 0.689. The molecule has 0 radical (unpaired) electrons. The second kappa shape index (κ2) is 4.26. The number of nitrogens with one attached hydrogen (secondary N) is 1. The Kier molecular flexibility index (Phi) is 2.73. The number of H-pyrrole nitrogens is 1. The first-order chi connectivity index (χ1) is 8.65. The fraction of sp³-hybridized carbons (Fsp3) is 0. The molecule has 1 N–H and O–H groups in total. The van der Waals surface area contributed by atoms with E-state index in [4.69, 9.17) is 23.2 Å². The van der Waals surface area contributed by atoms with Crippen LogP contribution in [0.25, 0.3) is 22.4 Å². The number of fused-ring (bicyclic) bond motifs is 1. The van der Waals surface area contributed by atoms with E-state index in [-0.39, 0.29) is 5.02 Å². The fourth-order valence-electron chi connectivity index (χ4n) is 1.78. The van der Waals surface area contributed by atoms with Crippen LogP contribution < -0.4 is 0 Å². The molecule has 18 heavy (non-hydrogen) atoms. The summed E-state index contributed by atoms with van der Waals surface area (Å²) < 4.78 is 13.4. The van der Waals surface area contributed by atoms with E-state index in [9.17, 15) is 4.39 Å². The Balaban J connectivity index is 2.19. The van der Waals surface area contributed by atoms with Gasteiger partial charge in [0.25, 0.3) is 0 Å². The van der Waals surface area contributed by atoms with Crippen LogP contribution in [0.1, 0.15) is 0 Å². The van der Waals surface area contributed by atoms with E-state index in [0.717, 1.165) is 5.52 Å². The second-order valence-corrected chi connectivity index (χ2v) is 4.66. The molecular weight excluding hydrogens is 274 g/mol. The number of hydrogen-bond acceptors (Lipinski definition) is 1. The van der Waals surface area contributed by atoms with Crippen molar-refractivity contribution in [2.24, 2.45) is 0 Å². The number of benzene rings is 2. The van der Waals surface area contributed by atoms with Crippen molar-refractivity contribution in [1.29, 1.82) is 0 Å². The summed E-state index contributed by atoms with van der Waals surface area (Å²) >= 11 is 11.7. The van der Waals surface area contributed by atoms with Crippen LogP contribution in [0.4, 0.5) is 4.39 Å². The normalized spacial score (nSPS) is 11.1. The molecule has 3 rings (SSSR count). The van der Waals surface area contributed by atoms with Gasteiger partial charge in [-0.15, -0.1) is 0 Å². The lowest BCUT2D eigenvalue weighted by atomic mass is 10.2. The van der Waals surface area contributed by atoms with Crippen molar-refractivity contribution in [3.63, 3.8) is 0 Å². The van der Waals surface area contributed by atoms with E-state index in [1.54, 1.807) is 12.1 Å². The first kappa shape index (κ1) is 11.5. The molecule has 0 aliphatic heterocycles. The van der Waals surface area contributed by atoms with E-state index < -0.39 is 5.82 Å². The van der Waals surface area contributed by atoms with Gasteiger partial charge >= 0.3 is 0 Å². The molecule has 0 spiro atoms. The van der Waals surface area contributed by atoms with Gasteiger partial charge in [-0.25, -0.2) is 9.37 Å². The Bertz CT molecular complexity index is 737. The minimum absolute atomic E-state index is 0.0906. The zero-order chi connectivity index (χ0) is 12.7. The molecule has 0 aliphatic carbocycles. The molecule has 0 bridgehead atoms. The molecule has 0 saturated carbocycles. The average Bonchev–Trinajstić information content (AvgIpc) is 2.78. The number of halogens is 3. The van der Waals surface area contributed by atoms with Crippen LogP contribution in [0.3, 0.4) is 0 Å². The Morgan fingerprint density at radius 1 is 1.06 bits per heavy atom. The molecule has 0 unspecified atom stereocenters. The number of rotatable bonds is 1. The molecule has 2 aromatic carbocycles. The standard InChI is InChI=1S/C13H7Cl2FN2/c14-8-5-4-7(6-10(8)16)13-17-11-3-1-2-9(15)12(11)18-13/h1-6H,(H,17,18). The predicted octanol–water partition coefficient (Wildman–Crippen LogP) is 4.68. The smallest absolute Gasteiger partial charge is 0.142 e. The maximum absolute atomic E-state index is 13.4. The van der Waals surface area contributed by atoms with Crippen LogP contribution in [0.15, 0.2) is 36.4 Å². The van der Waals surface area contributed by atoms with Gasteiger partial charge in [0.2, 0.25) is 0 Å². The molecule has 0 fully saturated rings. The molecule has 0 aliphatic rings. The van der Waals surface area contributed by atoms with E-state index in [1.807, 2.05) is 12.1 Å².